The summed E-state index contributed by atoms with van der Waals surface area (Å²) < 4.78 is 38.8. The van der Waals surface area contributed by atoms with Gasteiger partial charge in [0.25, 0.3) is 5.69 Å². The molecule has 1 amide bonds. The summed E-state index contributed by atoms with van der Waals surface area (Å²) >= 11 is 0. The monoisotopic (exact) mass is 525 g/mol. The van der Waals surface area contributed by atoms with Gasteiger partial charge >= 0.3 is 0 Å². The summed E-state index contributed by atoms with van der Waals surface area (Å²) in [5.41, 5.74) is -0.474. The van der Waals surface area contributed by atoms with E-state index < -0.39 is 26.7 Å². The average molecular weight is 526 g/mol. The minimum Gasteiger partial charge on any atom is -0.378 e. The molecule has 4 rings (SSSR count). The smallest absolute Gasteiger partial charge is 0.289 e. The quantitative estimate of drug-likeness (QED) is 0.347. The van der Waals surface area contributed by atoms with Crippen LogP contribution >= 0.6 is 0 Å². The van der Waals surface area contributed by atoms with Gasteiger partial charge in [-0.15, -0.1) is 0 Å². The second-order valence-electron chi connectivity index (χ2n) is 9.54. The van der Waals surface area contributed by atoms with Crippen molar-refractivity contribution in [3.05, 3.63) is 34.4 Å². The Morgan fingerprint density at radius 3 is 2.50 bits per heavy atom. The number of hydrogen-bond donors (Lipinski definition) is 0. The van der Waals surface area contributed by atoms with E-state index in [1.807, 2.05) is 0 Å². The van der Waals surface area contributed by atoms with E-state index in [1.54, 1.807) is 4.90 Å². The first-order valence-electron chi connectivity index (χ1n) is 12.4. The lowest BCUT2D eigenvalue weighted by molar-refractivity contribution is -0.387. The molecule has 3 fully saturated rings. The number of carbonyl (C=O) groups excluding carboxylic acids is 1. The largest absolute Gasteiger partial charge is 0.378 e. The lowest BCUT2D eigenvalue weighted by Gasteiger charge is -2.42. The van der Waals surface area contributed by atoms with Gasteiger partial charge in [-0.05, 0) is 39.0 Å². The van der Waals surface area contributed by atoms with Gasteiger partial charge in [-0.25, -0.2) is 8.42 Å². The van der Waals surface area contributed by atoms with Crippen LogP contribution in [0.5, 0.6) is 0 Å². The van der Waals surface area contributed by atoms with Gasteiger partial charge in [0.1, 0.15) is 6.61 Å². The van der Waals surface area contributed by atoms with Crippen molar-refractivity contribution in [3.63, 3.8) is 0 Å². The van der Waals surface area contributed by atoms with Gasteiger partial charge in [0.05, 0.1) is 30.8 Å². The Balaban J connectivity index is 1.29. The Morgan fingerprint density at radius 2 is 1.81 bits per heavy atom. The molecule has 3 aliphatic rings. The molecule has 0 bridgehead atoms. The van der Waals surface area contributed by atoms with Crippen LogP contribution < -0.4 is 0 Å². The first-order chi connectivity index (χ1) is 17.3. The number of sulfonamides is 1. The van der Waals surface area contributed by atoms with E-state index in [1.165, 1.54) is 28.6 Å². The Bertz CT molecular complexity index is 1020. The number of morpholine rings is 1. The van der Waals surface area contributed by atoms with Crippen molar-refractivity contribution in [1.82, 2.24) is 19.0 Å². The van der Waals surface area contributed by atoms with Crippen molar-refractivity contribution in [2.45, 2.75) is 29.8 Å². The van der Waals surface area contributed by atoms with E-state index in [4.69, 9.17) is 9.47 Å². The summed E-state index contributed by atoms with van der Waals surface area (Å²) in [5, 5.41) is 11.4. The molecule has 0 saturated carbocycles. The molecule has 1 aromatic carbocycles. The number of piperazine rings is 1. The molecule has 0 aromatic heterocycles. The molecule has 1 aromatic rings. The van der Waals surface area contributed by atoms with Crippen LogP contribution in [-0.4, -0.2) is 130 Å². The number of piperidine rings is 1. The molecule has 200 valence electrons. The number of para-hydroxylation sites is 1. The zero-order chi connectivity index (χ0) is 25.7. The molecule has 0 N–H and O–H groups in total. The van der Waals surface area contributed by atoms with Crippen molar-refractivity contribution in [1.29, 1.82) is 0 Å². The molecule has 3 aliphatic heterocycles. The van der Waals surface area contributed by atoms with Gasteiger partial charge < -0.3 is 19.3 Å². The van der Waals surface area contributed by atoms with Crippen LogP contribution in [0.4, 0.5) is 5.69 Å². The first-order valence-corrected chi connectivity index (χ1v) is 13.8. The zero-order valence-electron chi connectivity index (χ0n) is 20.7. The van der Waals surface area contributed by atoms with Crippen LogP contribution in [0.1, 0.15) is 12.8 Å². The predicted molar refractivity (Wildman–Crippen MR) is 131 cm³/mol. The third-order valence-corrected chi connectivity index (χ3v) is 9.23. The molecule has 12 nitrogen and oxygen atoms in total. The van der Waals surface area contributed by atoms with E-state index >= 15 is 0 Å². The van der Waals surface area contributed by atoms with Gasteiger partial charge in [-0.2, -0.15) is 4.31 Å². The van der Waals surface area contributed by atoms with E-state index in [0.717, 1.165) is 39.0 Å². The van der Waals surface area contributed by atoms with Gasteiger partial charge in [0.2, 0.25) is 15.9 Å². The number of benzene rings is 1. The molecule has 0 unspecified atom stereocenters. The number of ether oxygens (including phenoxy) is 2. The molecule has 0 aliphatic carbocycles. The maximum Gasteiger partial charge on any atom is 0.289 e. The highest BCUT2D eigenvalue weighted by Gasteiger charge is 2.38. The van der Waals surface area contributed by atoms with Crippen LogP contribution in [0.25, 0.3) is 0 Å². The van der Waals surface area contributed by atoms with Crippen molar-refractivity contribution < 1.29 is 27.6 Å². The summed E-state index contributed by atoms with van der Waals surface area (Å²) in [6.07, 6.45) is 2.31. The third kappa shape index (κ3) is 6.21. The number of amides is 1. The van der Waals surface area contributed by atoms with Crippen LogP contribution in [0, 0.1) is 10.1 Å². The minimum absolute atomic E-state index is 0.0405. The van der Waals surface area contributed by atoms with Crippen LogP contribution in [0.15, 0.2) is 29.2 Å². The van der Waals surface area contributed by atoms with Crippen molar-refractivity contribution in [2.75, 3.05) is 79.3 Å². The standard InChI is InChI=1S/C23H35N5O7S/c1-24-8-6-19(7-9-24)25-10-12-26(13-11-25)23(29)18-35-17-20-16-34-15-14-27(20)36(32,33)22-5-3-2-4-21(22)28(30)31/h2-5,19-20H,6-18H2,1H3/t20-/m0/s1. The first kappa shape index (κ1) is 26.9. The fraction of sp³-hybridized carbons (Fsp3) is 0.696. The number of nitro benzene ring substituents is 1. The van der Waals surface area contributed by atoms with Crippen molar-refractivity contribution >= 4 is 21.6 Å². The Hall–Kier alpha value is -2.16. The predicted octanol–water partition coefficient (Wildman–Crippen LogP) is 0.239. The zero-order valence-corrected chi connectivity index (χ0v) is 21.5. The van der Waals surface area contributed by atoms with Gasteiger partial charge in [-0.3, -0.25) is 19.8 Å². The van der Waals surface area contributed by atoms with E-state index in [0.29, 0.717) is 19.1 Å². The Kier molecular flexibility index (Phi) is 8.91. The molecule has 3 heterocycles. The van der Waals surface area contributed by atoms with Crippen LogP contribution in [0.3, 0.4) is 0 Å². The van der Waals surface area contributed by atoms with Crippen molar-refractivity contribution in [2.24, 2.45) is 0 Å². The number of nitro groups is 1. The maximum atomic E-state index is 13.3. The fourth-order valence-electron chi connectivity index (χ4n) is 5.11. The molecule has 0 radical (unpaired) electrons. The number of nitrogens with zero attached hydrogens (tertiary/aromatic N) is 5. The molecule has 36 heavy (non-hydrogen) atoms. The molecule has 1 atom stereocenters. The lowest BCUT2D eigenvalue weighted by Crippen LogP contribution is -2.54. The molecular formula is C23H35N5O7S. The molecule has 0 spiro atoms. The summed E-state index contributed by atoms with van der Waals surface area (Å²) in [6, 6.07) is 5.18. The van der Waals surface area contributed by atoms with E-state index in [9.17, 15) is 23.3 Å². The fourth-order valence-corrected chi connectivity index (χ4v) is 6.85. The van der Waals surface area contributed by atoms with Gasteiger partial charge in [0.15, 0.2) is 4.90 Å². The second kappa shape index (κ2) is 11.9. The average Bonchev–Trinajstić information content (AvgIpc) is 2.89. The van der Waals surface area contributed by atoms with Crippen LogP contribution in [0.2, 0.25) is 0 Å². The highest BCUT2D eigenvalue weighted by Crippen LogP contribution is 2.28. The van der Waals surface area contributed by atoms with E-state index in [-0.39, 0.29) is 43.8 Å². The molecular weight excluding hydrogens is 490 g/mol. The Morgan fingerprint density at radius 1 is 1.11 bits per heavy atom. The Labute approximate surface area is 211 Å². The summed E-state index contributed by atoms with van der Waals surface area (Å²) in [5.74, 6) is -0.122. The molecule has 13 heteroatoms. The topological polar surface area (TPSA) is 126 Å². The number of hydrogen-bond acceptors (Lipinski definition) is 9. The number of likely N-dealkylation sites (tertiary alicyclic amines) is 1. The van der Waals surface area contributed by atoms with Crippen molar-refractivity contribution in [3.8, 4) is 0 Å². The lowest BCUT2D eigenvalue weighted by atomic mass is 10.0. The van der Waals surface area contributed by atoms with Crippen LogP contribution in [-0.2, 0) is 24.3 Å². The third-order valence-electron chi connectivity index (χ3n) is 7.23. The SMILES string of the molecule is CN1CCC(N2CCN(C(=O)COC[C@@H]3COCCN3S(=O)(=O)c3ccccc3[N+](=O)[O-])CC2)CC1. The second-order valence-corrected chi connectivity index (χ2v) is 11.4. The number of carbonyl (C=O) groups is 1. The summed E-state index contributed by atoms with van der Waals surface area (Å²) in [4.78, 5) is 29.7. The number of rotatable bonds is 8. The van der Waals surface area contributed by atoms with E-state index in [2.05, 4.69) is 16.8 Å². The summed E-state index contributed by atoms with van der Waals surface area (Å²) in [7, 11) is -2.01. The summed E-state index contributed by atoms with van der Waals surface area (Å²) in [6.45, 7) is 5.33. The van der Waals surface area contributed by atoms with Gasteiger partial charge in [-0.1, -0.05) is 12.1 Å². The highest BCUT2D eigenvalue weighted by molar-refractivity contribution is 7.89. The van der Waals surface area contributed by atoms with Gasteiger partial charge in [0, 0.05) is 44.8 Å². The molecule has 3 saturated heterocycles. The normalized spacial score (nSPS) is 23.6. The maximum absolute atomic E-state index is 13.3. The highest BCUT2D eigenvalue weighted by atomic mass is 32.2. The minimum atomic E-state index is -4.15.